The number of carbonyl (C=O) groups is 2. The Morgan fingerprint density at radius 1 is 1.37 bits per heavy atom. The fraction of sp³-hybridized carbons (Fsp3) is 0.857. The summed E-state index contributed by atoms with van der Waals surface area (Å²) in [6, 6.07) is -0.609. The molecule has 2 atom stereocenters. The van der Waals surface area contributed by atoms with E-state index >= 15 is 0 Å². The Bertz CT molecular complexity index is 289. The first-order chi connectivity index (χ1) is 9.10. The van der Waals surface area contributed by atoms with Gasteiger partial charge in [-0.1, -0.05) is 45.4 Å². The van der Waals surface area contributed by atoms with E-state index in [2.05, 4.69) is 0 Å². The summed E-state index contributed by atoms with van der Waals surface area (Å²) in [5.74, 6) is -1.17. The second kappa shape index (κ2) is 8.15. The van der Waals surface area contributed by atoms with E-state index in [0.717, 1.165) is 32.1 Å². The molecule has 0 aliphatic heterocycles. The van der Waals surface area contributed by atoms with Crippen molar-refractivity contribution < 1.29 is 19.9 Å². The van der Waals surface area contributed by atoms with Crippen molar-refractivity contribution >= 4 is 12.4 Å². The van der Waals surface area contributed by atoms with Crippen LogP contribution in [-0.4, -0.2) is 33.8 Å². The molecule has 110 valence electrons. The Balaban J connectivity index is 2.71. The van der Waals surface area contributed by atoms with Gasteiger partial charge in [-0.05, 0) is 18.8 Å². The number of aliphatic carboxylic acids is 1. The van der Waals surface area contributed by atoms with Gasteiger partial charge in [0.2, 0.25) is 6.41 Å². The third-order valence-electron chi connectivity index (χ3n) is 4.13. The minimum Gasteiger partial charge on any atom is -0.481 e. The minimum absolute atomic E-state index is 0.317. The minimum atomic E-state index is -0.912. The standard InChI is InChI=1S/C14H25NO4/c1-2-6-13(15(19)10-16)12(14(17)18)9-11-7-4-3-5-8-11/h10-13,19H,2-9H2,1H3,(H,17,18)/t12-,13+/m1/s1. The second-order valence-corrected chi connectivity index (χ2v) is 5.53. The molecule has 1 fully saturated rings. The highest BCUT2D eigenvalue weighted by Gasteiger charge is 2.33. The van der Waals surface area contributed by atoms with E-state index in [4.69, 9.17) is 0 Å². The van der Waals surface area contributed by atoms with E-state index in [9.17, 15) is 19.9 Å². The molecule has 0 aromatic rings. The lowest BCUT2D eigenvalue weighted by atomic mass is 9.79. The fourth-order valence-corrected chi connectivity index (χ4v) is 3.10. The number of carboxylic acids is 1. The zero-order chi connectivity index (χ0) is 14.3. The van der Waals surface area contributed by atoms with Gasteiger partial charge in [-0.2, -0.15) is 0 Å². The number of amides is 1. The smallest absolute Gasteiger partial charge is 0.308 e. The molecule has 1 aliphatic rings. The molecule has 5 nitrogen and oxygen atoms in total. The van der Waals surface area contributed by atoms with Crippen molar-refractivity contribution in [3.8, 4) is 0 Å². The van der Waals surface area contributed by atoms with Crippen LogP contribution >= 0.6 is 0 Å². The number of hydrogen-bond donors (Lipinski definition) is 2. The van der Waals surface area contributed by atoms with E-state index in [-0.39, 0.29) is 0 Å². The van der Waals surface area contributed by atoms with Crippen LogP contribution in [0, 0.1) is 11.8 Å². The van der Waals surface area contributed by atoms with Gasteiger partial charge in [-0.3, -0.25) is 14.8 Å². The molecule has 0 bridgehead atoms. The van der Waals surface area contributed by atoms with Crippen molar-refractivity contribution in [2.45, 2.75) is 64.3 Å². The predicted molar refractivity (Wildman–Crippen MR) is 70.7 cm³/mol. The Hall–Kier alpha value is -1.10. The van der Waals surface area contributed by atoms with Crippen LogP contribution < -0.4 is 0 Å². The van der Waals surface area contributed by atoms with Gasteiger partial charge < -0.3 is 5.11 Å². The lowest BCUT2D eigenvalue weighted by Gasteiger charge is -2.31. The van der Waals surface area contributed by atoms with Gasteiger partial charge in [0.05, 0.1) is 12.0 Å². The van der Waals surface area contributed by atoms with Gasteiger partial charge >= 0.3 is 5.97 Å². The number of carboxylic acid groups (broad SMARTS) is 1. The third kappa shape index (κ3) is 4.82. The molecule has 0 heterocycles. The highest BCUT2D eigenvalue weighted by atomic mass is 16.5. The summed E-state index contributed by atoms with van der Waals surface area (Å²) >= 11 is 0. The normalized spacial score (nSPS) is 19.7. The first-order valence-corrected chi connectivity index (χ1v) is 7.25. The van der Waals surface area contributed by atoms with Crippen LogP contribution in [0.15, 0.2) is 0 Å². The van der Waals surface area contributed by atoms with Crippen molar-refractivity contribution in [2.75, 3.05) is 0 Å². The molecule has 0 unspecified atom stereocenters. The van der Waals surface area contributed by atoms with Gasteiger partial charge in [-0.15, -0.1) is 0 Å². The molecule has 1 amide bonds. The average molecular weight is 271 g/mol. The highest BCUT2D eigenvalue weighted by molar-refractivity contribution is 5.71. The summed E-state index contributed by atoms with van der Waals surface area (Å²) < 4.78 is 0. The van der Waals surface area contributed by atoms with E-state index in [1.807, 2.05) is 6.92 Å². The first kappa shape index (κ1) is 16.0. The number of hydroxylamine groups is 2. The summed E-state index contributed by atoms with van der Waals surface area (Å²) in [4.78, 5) is 22.2. The van der Waals surface area contributed by atoms with Crippen LogP contribution in [0.25, 0.3) is 0 Å². The number of rotatable bonds is 8. The van der Waals surface area contributed by atoms with E-state index < -0.39 is 17.9 Å². The van der Waals surface area contributed by atoms with Gasteiger partial charge in [-0.25, -0.2) is 5.06 Å². The molecule has 1 rings (SSSR count). The Kier molecular flexibility index (Phi) is 6.84. The van der Waals surface area contributed by atoms with E-state index in [1.54, 1.807) is 0 Å². The lowest BCUT2D eigenvalue weighted by molar-refractivity contribution is -0.174. The van der Waals surface area contributed by atoms with Crippen LogP contribution in [0.3, 0.4) is 0 Å². The fourth-order valence-electron chi connectivity index (χ4n) is 3.10. The topological polar surface area (TPSA) is 77.8 Å². The summed E-state index contributed by atoms with van der Waals surface area (Å²) in [7, 11) is 0. The molecule has 0 saturated heterocycles. The van der Waals surface area contributed by atoms with Crippen LogP contribution in [0.2, 0.25) is 0 Å². The summed E-state index contributed by atoms with van der Waals surface area (Å²) in [5.41, 5.74) is 0. The highest BCUT2D eigenvalue weighted by Crippen LogP contribution is 2.32. The van der Waals surface area contributed by atoms with Crippen molar-refractivity contribution in [3.63, 3.8) is 0 Å². The Morgan fingerprint density at radius 3 is 2.47 bits per heavy atom. The maximum Gasteiger partial charge on any atom is 0.308 e. The molecule has 0 radical (unpaired) electrons. The molecular weight excluding hydrogens is 246 g/mol. The van der Waals surface area contributed by atoms with Crippen LogP contribution in [0.4, 0.5) is 0 Å². The van der Waals surface area contributed by atoms with Gasteiger partial charge in [0, 0.05) is 0 Å². The maximum absolute atomic E-state index is 11.5. The van der Waals surface area contributed by atoms with Crippen LogP contribution in [0.5, 0.6) is 0 Å². The summed E-state index contributed by atoms with van der Waals surface area (Å²) in [6.07, 6.45) is 7.81. The maximum atomic E-state index is 11.5. The second-order valence-electron chi connectivity index (χ2n) is 5.53. The predicted octanol–water partition coefficient (Wildman–Crippen LogP) is 2.67. The number of nitrogens with zero attached hydrogens (tertiary/aromatic N) is 1. The van der Waals surface area contributed by atoms with Crippen molar-refractivity contribution in [2.24, 2.45) is 11.8 Å². The van der Waals surface area contributed by atoms with Gasteiger partial charge in [0.15, 0.2) is 0 Å². The number of hydrogen-bond acceptors (Lipinski definition) is 3. The quantitative estimate of drug-likeness (QED) is 0.404. The Morgan fingerprint density at radius 2 is 2.00 bits per heavy atom. The molecule has 0 aromatic heterocycles. The third-order valence-corrected chi connectivity index (χ3v) is 4.13. The molecule has 0 spiro atoms. The largest absolute Gasteiger partial charge is 0.481 e. The lowest BCUT2D eigenvalue weighted by Crippen LogP contribution is -2.42. The van der Waals surface area contributed by atoms with E-state index in [0.29, 0.717) is 30.2 Å². The average Bonchev–Trinajstić information content (AvgIpc) is 2.42. The van der Waals surface area contributed by atoms with Crippen molar-refractivity contribution in [1.82, 2.24) is 5.06 Å². The summed E-state index contributed by atoms with van der Waals surface area (Å²) in [5, 5.41) is 19.5. The SMILES string of the molecule is CCC[C@@H]([C@@H](CC1CCCCC1)C(=O)O)N(O)C=O. The van der Waals surface area contributed by atoms with Crippen molar-refractivity contribution in [1.29, 1.82) is 0 Å². The molecular formula is C14H25NO4. The van der Waals surface area contributed by atoms with Crippen molar-refractivity contribution in [3.05, 3.63) is 0 Å². The first-order valence-electron chi connectivity index (χ1n) is 7.25. The molecule has 1 saturated carbocycles. The zero-order valence-electron chi connectivity index (χ0n) is 11.6. The van der Waals surface area contributed by atoms with E-state index in [1.165, 1.54) is 6.42 Å². The molecule has 0 aromatic carbocycles. The Labute approximate surface area is 114 Å². The molecule has 5 heteroatoms. The molecule has 1 aliphatic carbocycles. The molecule has 19 heavy (non-hydrogen) atoms. The summed E-state index contributed by atoms with van der Waals surface area (Å²) in [6.45, 7) is 1.92. The van der Waals surface area contributed by atoms with Crippen LogP contribution in [-0.2, 0) is 9.59 Å². The van der Waals surface area contributed by atoms with Crippen LogP contribution in [0.1, 0.15) is 58.3 Å². The van der Waals surface area contributed by atoms with Gasteiger partial charge in [0.1, 0.15) is 0 Å². The molecule has 2 N–H and O–H groups in total. The number of carbonyl (C=O) groups excluding carboxylic acids is 1. The zero-order valence-corrected chi connectivity index (χ0v) is 11.6. The van der Waals surface area contributed by atoms with Gasteiger partial charge in [0.25, 0.3) is 0 Å². The monoisotopic (exact) mass is 271 g/mol.